The molecule has 0 radical (unpaired) electrons. The van der Waals surface area contributed by atoms with Gasteiger partial charge in [0.2, 0.25) is 0 Å². The lowest BCUT2D eigenvalue weighted by Gasteiger charge is -2.45. The number of aliphatic hydroxyl groups excluding tert-OH is 1. The van der Waals surface area contributed by atoms with Crippen molar-refractivity contribution in [1.82, 2.24) is 4.90 Å². The highest BCUT2D eigenvalue weighted by molar-refractivity contribution is 5.98. The van der Waals surface area contributed by atoms with Gasteiger partial charge in [-0.3, -0.25) is 14.5 Å². The second-order valence-corrected chi connectivity index (χ2v) is 5.75. The zero-order valence-corrected chi connectivity index (χ0v) is 12.5. The summed E-state index contributed by atoms with van der Waals surface area (Å²) in [7, 11) is 0. The largest absolute Gasteiger partial charge is 0.384 e. The van der Waals surface area contributed by atoms with Crippen molar-refractivity contribution in [1.29, 1.82) is 0 Å². The van der Waals surface area contributed by atoms with Crippen molar-refractivity contribution >= 4 is 11.8 Å². The molecule has 7 heteroatoms. The molecule has 1 aromatic rings. The average molecular weight is 313 g/mol. The van der Waals surface area contributed by atoms with Crippen LogP contribution in [0.1, 0.15) is 32.4 Å². The third-order valence-electron chi connectivity index (χ3n) is 3.61. The number of aliphatic hydroxyl groups is 1. The summed E-state index contributed by atoms with van der Waals surface area (Å²) in [6, 6.07) is 2.16. The summed E-state index contributed by atoms with van der Waals surface area (Å²) in [5.41, 5.74) is -0.797. The molecule has 5 nitrogen and oxygen atoms in total. The molecule has 1 fully saturated rings. The molecule has 0 bridgehead atoms. The molecular formula is C15H17F2NO4. The fraction of sp³-hybridized carbons (Fsp3) is 0.467. The number of hydrogen-bond donors (Lipinski definition) is 1. The fourth-order valence-electron chi connectivity index (χ4n) is 2.54. The third kappa shape index (κ3) is 2.86. The molecule has 1 unspecified atom stereocenters. The topological polar surface area (TPSA) is 66.8 Å². The van der Waals surface area contributed by atoms with Crippen molar-refractivity contribution in [3.63, 3.8) is 0 Å². The number of carbonyl (C=O) groups is 2. The molecule has 1 N–H and O–H groups in total. The van der Waals surface area contributed by atoms with Crippen molar-refractivity contribution in [3.8, 4) is 0 Å². The highest BCUT2D eigenvalue weighted by Crippen LogP contribution is 2.38. The Kier molecular flexibility index (Phi) is 4.30. The SMILES string of the molecule is C[C@@H](O)C(=O)N1C(=O)COC(C)(C)C1c1ccc(F)c(F)c1. The van der Waals surface area contributed by atoms with E-state index < -0.39 is 41.2 Å². The second-order valence-electron chi connectivity index (χ2n) is 5.75. The second kappa shape index (κ2) is 5.73. The van der Waals surface area contributed by atoms with Gasteiger partial charge in [0, 0.05) is 0 Å². The first-order valence-electron chi connectivity index (χ1n) is 6.78. The molecule has 1 aliphatic rings. The Morgan fingerprint density at radius 2 is 2.05 bits per heavy atom. The van der Waals surface area contributed by atoms with E-state index in [1.807, 2.05) is 0 Å². The van der Waals surface area contributed by atoms with Crippen molar-refractivity contribution in [2.45, 2.75) is 38.5 Å². The van der Waals surface area contributed by atoms with Gasteiger partial charge in [0.1, 0.15) is 12.7 Å². The number of nitrogens with zero attached hydrogens (tertiary/aromatic N) is 1. The minimum atomic E-state index is -1.40. The molecule has 0 spiro atoms. The highest BCUT2D eigenvalue weighted by atomic mass is 19.2. The first-order chi connectivity index (χ1) is 10.1. The lowest BCUT2D eigenvalue weighted by atomic mass is 9.88. The Balaban J connectivity index is 2.54. The lowest BCUT2D eigenvalue weighted by molar-refractivity contribution is -0.182. The molecule has 1 aromatic carbocycles. The number of imide groups is 1. The zero-order valence-electron chi connectivity index (χ0n) is 12.5. The Labute approximate surface area is 126 Å². The van der Waals surface area contributed by atoms with E-state index in [1.165, 1.54) is 13.0 Å². The molecule has 2 atom stereocenters. The van der Waals surface area contributed by atoms with Crippen LogP contribution in [0.3, 0.4) is 0 Å². The summed E-state index contributed by atoms with van der Waals surface area (Å²) in [5.74, 6) is -3.56. The summed E-state index contributed by atoms with van der Waals surface area (Å²) < 4.78 is 32.1. The number of hydrogen-bond acceptors (Lipinski definition) is 4. The van der Waals surface area contributed by atoms with E-state index in [-0.39, 0.29) is 12.2 Å². The third-order valence-corrected chi connectivity index (χ3v) is 3.61. The van der Waals surface area contributed by atoms with Crippen LogP contribution >= 0.6 is 0 Å². The molecule has 120 valence electrons. The van der Waals surface area contributed by atoms with Gasteiger partial charge in [-0.2, -0.15) is 0 Å². The first kappa shape index (κ1) is 16.5. The van der Waals surface area contributed by atoms with Crippen LogP contribution in [0.4, 0.5) is 8.78 Å². The van der Waals surface area contributed by atoms with E-state index in [1.54, 1.807) is 13.8 Å². The molecule has 2 rings (SSSR count). The number of carbonyl (C=O) groups excluding carboxylic acids is 2. The van der Waals surface area contributed by atoms with Crippen LogP contribution in [0.2, 0.25) is 0 Å². The molecule has 0 aliphatic carbocycles. The number of morpholine rings is 1. The number of benzene rings is 1. The van der Waals surface area contributed by atoms with Crippen molar-refractivity contribution < 1.29 is 28.2 Å². The van der Waals surface area contributed by atoms with Crippen molar-refractivity contribution in [2.75, 3.05) is 6.61 Å². The van der Waals surface area contributed by atoms with Gasteiger partial charge in [-0.25, -0.2) is 8.78 Å². The fourth-order valence-corrected chi connectivity index (χ4v) is 2.54. The predicted molar refractivity (Wildman–Crippen MR) is 72.7 cm³/mol. The summed E-state index contributed by atoms with van der Waals surface area (Å²) in [6.45, 7) is 4.17. The summed E-state index contributed by atoms with van der Waals surface area (Å²) in [6.07, 6.45) is -1.40. The van der Waals surface area contributed by atoms with Gasteiger partial charge in [0.05, 0.1) is 11.6 Å². The Hall–Kier alpha value is -1.86. The predicted octanol–water partition coefficient (Wildman–Crippen LogP) is 1.55. The molecule has 1 saturated heterocycles. The number of halogens is 2. The summed E-state index contributed by atoms with van der Waals surface area (Å²) in [5, 5.41) is 9.51. The van der Waals surface area contributed by atoms with Gasteiger partial charge >= 0.3 is 0 Å². The number of ether oxygens (including phenoxy) is 1. The number of rotatable bonds is 2. The van der Waals surface area contributed by atoms with Gasteiger partial charge in [0.25, 0.3) is 11.8 Å². The summed E-state index contributed by atoms with van der Waals surface area (Å²) >= 11 is 0. The maximum atomic E-state index is 13.5. The van der Waals surface area contributed by atoms with E-state index in [4.69, 9.17) is 4.74 Å². The van der Waals surface area contributed by atoms with E-state index in [9.17, 15) is 23.5 Å². The molecule has 1 heterocycles. The first-order valence-corrected chi connectivity index (χ1v) is 6.78. The van der Waals surface area contributed by atoms with Crippen LogP contribution in [0.5, 0.6) is 0 Å². The van der Waals surface area contributed by atoms with Crippen LogP contribution in [-0.2, 0) is 14.3 Å². The monoisotopic (exact) mass is 313 g/mol. The zero-order chi connectivity index (χ0) is 16.7. The van der Waals surface area contributed by atoms with Crippen LogP contribution in [-0.4, -0.2) is 40.1 Å². The van der Waals surface area contributed by atoms with Gasteiger partial charge in [-0.05, 0) is 38.5 Å². The van der Waals surface area contributed by atoms with E-state index in [0.29, 0.717) is 0 Å². The highest BCUT2D eigenvalue weighted by Gasteiger charge is 2.47. The van der Waals surface area contributed by atoms with Crippen LogP contribution < -0.4 is 0 Å². The van der Waals surface area contributed by atoms with E-state index in [0.717, 1.165) is 17.0 Å². The van der Waals surface area contributed by atoms with Gasteiger partial charge in [-0.1, -0.05) is 6.07 Å². The quantitative estimate of drug-likeness (QED) is 0.899. The number of amides is 2. The summed E-state index contributed by atoms with van der Waals surface area (Å²) in [4.78, 5) is 25.1. The Bertz CT molecular complexity index is 616. The lowest BCUT2D eigenvalue weighted by Crippen LogP contribution is -2.57. The van der Waals surface area contributed by atoms with Crippen LogP contribution in [0.25, 0.3) is 0 Å². The van der Waals surface area contributed by atoms with Gasteiger partial charge in [-0.15, -0.1) is 0 Å². The van der Waals surface area contributed by atoms with Gasteiger partial charge < -0.3 is 9.84 Å². The minimum absolute atomic E-state index is 0.214. The van der Waals surface area contributed by atoms with Crippen LogP contribution in [0.15, 0.2) is 18.2 Å². The van der Waals surface area contributed by atoms with Crippen molar-refractivity contribution in [3.05, 3.63) is 35.4 Å². The molecular weight excluding hydrogens is 296 g/mol. The minimum Gasteiger partial charge on any atom is -0.384 e. The molecule has 0 saturated carbocycles. The molecule has 0 aromatic heterocycles. The van der Waals surface area contributed by atoms with Gasteiger partial charge in [0.15, 0.2) is 11.6 Å². The van der Waals surface area contributed by atoms with Crippen LogP contribution in [0, 0.1) is 11.6 Å². The average Bonchev–Trinajstić information content (AvgIpc) is 2.43. The Morgan fingerprint density at radius 3 is 2.59 bits per heavy atom. The Morgan fingerprint density at radius 1 is 1.41 bits per heavy atom. The maximum absolute atomic E-state index is 13.5. The van der Waals surface area contributed by atoms with E-state index >= 15 is 0 Å². The van der Waals surface area contributed by atoms with Crippen molar-refractivity contribution in [2.24, 2.45) is 0 Å². The van der Waals surface area contributed by atoms with E-state index in [2.05, 4.69) is 0 Å². The maximum Gasteiger partial charge on any atom is 0.258 e. The normalized spacial score (nSPS) is 22.5. The molecule has 1 aliphatic heterocycles. The standard InChI is InChI=1S/C15H17F2NO4/c1-8(19)14(21)18-12(20)7-22-15(2,3)13(18)9-4-5-10(16)11(17)6-9/h4-6,8,13,19H,7H2,1-3H3/t8-,13?/m1/s1. The molecule has 2 amide bonds. The smallest absolute Gasteiger partial charge is 0.258 e. The molecule has 22 heavy (non-hydrogen) atoms.